The lowest BCUT2D eigenvalue weighted by atomic mass is 9.86. The Labute approximate surface area is 781 Å². The van der Waals surface area contributed by atoms with Gasteiger partial charge in [-0.1, -0.05) is 249 Å². The van der Waals surface area contributed by atoms with Gasteiger partial charge in [0, 0.05) is 69.0 Å². The lowest BCUT2D eigenvalue weighted by molar-refractivity contribution is -0.665. The van der Waals surface area contributed by atoms with Gasteiger partial charge < -0.3 is 0 Å². The van der Waals surface area contributed by atoms with Crippen molar-refractivity contribution in [1.82, 2.24) is 0 Å². The molecular weight excluding hydrogens is 1550 g/mol. The maximum Gasteiger partial charge on any atom is 0.220 e. The normalized spacial score (nSPS) is 12.4. The predicted molar refractivity (Wildman–Crippen MR) is 555 cm³/mol. The van der Waals surface area contributed by atoms with E-state index in [9.17, 15) is 0 Å². The monoisotopic (exact) mass is 1710 g/mol. The topological polar surface area (TPSA) is 19.4 Å². The van der Waals surface area contributed by atoms with Crippen LogP contribution in [0.15, 0.2) is 200 Å². The zero-order valence-corrected chi connectivity index (χ0v) is 85.1. The van der Waals surface area contributed by atoms with Gasteiger partial charge in [-0.25, -0.2) is 4.57 Å². The first-order valence-corrected chi connectivity index (χ1v) is 47.8. The first-order chi connectivity index (χ1) is 63.0. The van der Waals surface area contributed by atoms with Crippen molar-refractivity contribution in [3.63, 3.8) is 0 Å². The Kier molecular flexibility index (Phi) is 28.8. The minimum absolute atomic E-state index is 0.258. The minimum atomic E-state index is 0.258. The number of aromatic nitrogens is 5. The molecule has 0 spiro atoms. The van der Waals surface area contributed by atoms with E-state index in [0.29, 0.717) is 83.5 Å². The van der Waals surface area contributed by atoms with Crippen LogP contribution in [0.4, 0.5) is 0 Å². The quantitative estimate of drug-likeness (QED) is 0.0810. The lowest BCUT2D eigenvalue weighted by Crippen LogP contribution is -2.35. The second-order valence-corrected chi connectivity index (χ2v) is 39.5. The van der Waals surface area contributed by atoms with Gasteiger partial charge in [-0.3, -0.25) is 0 Å². The molecule has 0 aliphatic heterocycles. The molecule has 128 heavy (non-hydrogen) atoms. The average molecular weight is 1710 g/mol. The smallest absolute Gasteiger partial charge is 0.200 e. The van der Waals surface area contributed by atoms with E-state index in [4.69, 9.17) is 8.22 Å². The highest BCUT2D eigenvalue weighted by Gasteiger charge is 2.29. The molecule has 0 amide bonds. The van der Waals surface area contributed by atoms with E-state index < -0.39 is 0 Å². The number of fused-ring (bicyclic) bond motifs is 5. The molecule has 5 aromatic heterocycles. The zero-order chi connectivity index (χ0) is 99.0. The van der Waals surface area contributed by atoms with Crippen molar-refractivity contribution < 1.29 is 31.1 Å². The third kappa shape index (κ3) is 21.1. The van der Waals surface area contributed by atoms with E-state index >= 15 is 0 Å². The Hall–Kier alpha value is -10.8. The van der Waals surface area contributed by atoms with Crippen molar-refractivity contribution in [1.29, 1.82) is 0 Å². The van der Waals surface area contributed by atoms with Crippen LogP contribution in [0.3, 0.4) is 0 Å². The molecule has 10 aromatic carbocycles. The Morgan fingerprint density at radius 3 is 0.906 bits per heavy atom. The molecule has 0 saturated carbocycles. The summed E-state index contributed by atoms with van der Waals surface area (Å²) < 4.78 is 62.6. The fourth-order valence-corrected chi connectivity index (χ4v) is 18.1. The second-order valence-electron chi connectivity index (χ2n) is 39.5. The van der Waals surface area contributed by atoms with E-state index in [2.05, 4.69) is 418 Å². The van der Waals surface area contributed by atoms with Gasteiger partial charge in [0.25, 0.3) is 0 Å². The highest BCUT2D eigenvalue weighted by Crippen LogP contribution is 2.41. The molecule has 0 aliphatic rings. The maximum absolute atomic E-state index is 8.72. The molecule has 15 aromatic rings. The van der Waals surface area contributed by atoms with Crippen molar-refractivity contribution in [3.05, 3.63) is 323 Å². The summed E-state index contributed by atoms with van der Waals surface area (Å²) in [5.41, 5.74) is 40.0. The van der Waals surface area contributed by atoms with Crippen LogP contribution in [0.25, 0.3) is 110 Å². The highest BCUT2D eigenvalue weighted by atomic mass is 15.0. The Morgan fingerprint density at radius 2 is 0.547 bits per heavy atom. The zero-order valence-electron chi connectivity index (χ0n) is 91.1. The fraction of sp³-hybridized carbons (Fsp3) is 0.390. The largest absolute Gasteiger partial charge is 0.220 e. The summed E-state index contributed by atoms with van der Waals surface area (Å²) in [6.07, 6.45) is 3.37. The van der Waals surface area contributed by atoms with Crippen molar-refractivity contribution >= 4 is 53.9 Å². The van der Waals surface area contributed by atoms with E-state index in [1.54, 1.807) is 0 Å². The van der Waals surface area contributed by atoms with Gasteiger partial charge in [0.2, 0.25) is 28.5 Å². The van der Waals surface area contributed by atoms with Gasteiger partial charge in [0.15, 0.2) is 28.9 Å². The summed E-state index contributed by atoms with van der Waals surface area (Å²) in [4.78, 5) is 0. The molecule has 0 N–H and O–H groups in total. The summed E-state index contributed by atoms with van der Waals surface area (Å²) in [6.45, 7) is 68.0. The first-order valence-electron chi connectivity index (χ1n) is 50.8. The molecular formula is C123H156N5+5. The van der Waals surface area contributed by atoms with E-state index in [-0.39, 0.29) is 6.17 Å². The van der Waals surface area contributed by atoms with Crippen LogP contribution in [0, 0.1) is 69.2 Å². The van der Waals surface area contributed by atoms with E-state index in [1.165, 1.54) is 167 Å². The molecule has 0 fully saturated rings. The maximum atomic E-state index is 8.72. The van der Waals surface area contributed by atoms with Crippen LogP contribution in [0.5, 0.6) is 0 Å². The number of rotatable bonds is 17. The summed E-state index contributed by atoms with van der Waals surface area (Å²) >= 11 is 0. The number of pyridine rings is 5. The first kappa shape index (κ1) is 89.2. The minimum Gasteiger partial charge on any atom is -0.200 e. The molecule has 0 saturated heterocycles. The van der Waals surface area contributed by atoms with Crippen molar-refractivity contribution in [3.8, 4) is 56.3 Å². The molecule has 15 rings (SSSR count). The van der Waals surface area contributed by atoms with Crippen molar-refractivity contribution in [2.75, 3.05) is 0 Å². The summed E-state index contributed by atoms with van der Waals surface area (Å²) in [5.74, 6) is 4.09. The second kappa shape index (κ2) is 41.3. The molecule has 5 nitrogen and oxygen atoms in total. The number of aryl methyl sites for hydroxylation is 6. The summed E-state index contributed by atoms with van der Waals surface area (Å²) in [6, 6.07) is 63.4. The van der Waals surface area contributed by atoms with Crippen molar-refractivity contribution in [2.45, 2.75) is 287 Å². The molecule has 0 radical (unpaired) electrons. The molecule has 668 valence electrons. The summed E-state index contributed by atoms with van der Waals surface area (Å²) in [7, 11) is 10.3. The molecule has 0 bridgehead atoms. The molecule has 5 heterocycles. The number of benzene rings is 10. The standard InChI is InChI=1S/C26H34N.2C25H32N.C24H30N.C23H28N/c1-16(2)20-9-10-23-21(13-20)11-12-27(8)26(23)25-15-22(17(3)4)14-24(18(5)6)19(25)7;1-15(2)20-9-10-23-22(13-20)12-18(6)26(8)25(23)24-14-21(16(3)4)11-17(5)19(24)7;1-8-19-13-20(9-2)18(6)24(14-19)25-23-11-10-21(16(3)4)15-22(23)12-17(5)26(25)7;1-15(2)19-10-11-22-21(13-19)12-18(6)25(7)24(22)23-14-20(16(3)4)9-8-17(23)5;1-7-18-9-8-16(4)22(13-18)23-21-11-10-19(15(2)3)14-20(21)12-17(5)24(23)6/h9-18H,1-8H3;9-16H,1-8H3;10-16H,8-9H2,1-7H3;8-16H,1-7H3;8-15H,7H2,1-6H3/q5*+1/i11D,12D;4*12D. The third-order valence-electron chi connectivity index (χ3n) is 27.5. The van der Waals surface area contributed by atoms with Crippen molar-refractivity contribution in [2.24, 2.45) is 35.2 Å². The number of hydrogen-bond donors (Lipinski definition) is 0. The highest BCUT2D eigenvalue weighted by molar-refractivity contribution is 5.99. The lowest BCUT2D eigenvalue weighted by Gasteiger charge is -2.18. The van der Waals surface area contributed by atoms with E-state index in [1.807, 2.05) is 18.5 Å². The SMILES string of the molecule is [2H]c1c(C)[n+](C)c(-c2cc(C(C)C)cc(C)c2C)c2ccc(C(C)C)cc12.[2H]c1c(C)[n+](C)c(-c2cc(C(C)C)ccc2C)c2ccc(C(C)C)cc12.[2H]c1c(C)[n+](C)c(-c2cc(CC)cc(CC)c2C)c2ccc(C(C)C)cc12.[2H]c1c(C)[n+](C)c(-c2cc(CC)ccc2C)c2ccc(C(C)C)cc12.[2H]c1c([2H])[n+](C)c(-c2cc(C(C)C)cc(C(C)C)c2C)c2ccc(C(C)C)cc12. The van der Waals surface area contributed by atoms with Gasteiger partial charge in [-0.05, 0) is 302 Å². The van der Waals surface area contributed by atoms with Gasteiger partial charge in [-0.15, -0.1) is 0 Å². The molecule has 0 atom stereocenters. The third-order valence-corrected chi connectivity index (χ3v) is 27.5. The molecule has 0 aliphatic carbocycles. The molecule has 0 unspecified atom stereocenters. The number of nitrogens with zero attached hydrogens (tertiary/aromatic N) is 5. The van der Waals surface area contributed by atoms with Crippen LogP contribution < -0.4 is 22.8 Å². The Balaban J connectivity index is 0.000000161. The van der Waals surface area contributed by atoms with Crippen LogP contribution in [0.2, 0.25) is 0 Å². The summed E-state index contributed by atoms with van der Waals surface area (Å²) in [5, 5.41) is 10.8. The van der Waals surface area contributed by atoms with Crippen LogP contribution in [0.1, 0.15) is 330 Å². The average Bonchev–Trinajstić information content (AvgIpc) is 0.746. The Bertz CT molecular complexity index is 6880. The Morgan fingerprint density at radius 1 is 0.250 bits per heavy atom. The molecule has 5 heteroatoms. The van der Waals surface area contributed by atoms with Gasteiger partial charge >= 0.3 is 0 Å². The van der Waals surface area contributed by atoms with Crippen LogP contribution in [-0.2, 0) is 54.5 Å². The van der Waals surface area contributed by atoms with Crippen LogP contribution >= 0.6 is 0 Å². The van der Waals surface area contributed by atoms with E-state index in [0.717, 1.165) is 85.4 Å². The fourth-order valence-electron chi connectivity index (χ4n) is 18.1. The van der Waals surface area contributed by atoms with Gasteiger partial charge in [0.05, 0.1) is 50.5 Å². The van der Waals surface area contributed by atoms with Crippen LogP contribution in [-0.4, -0.2) is 0 Å². The number of hydrogen-bond acceptors (Lipinski definition) is 0. The van der Waals surface area contributed by atoms with Gasteiger partial charge in [-0.2, -0.15) is 18.3 Å². The van der Waals surface area contributed by atoms with Gasteiger partial charge in [0.1, 0.15) is 36.6 Å². The predicted octanol–water partition coefficient (Wildman–Crippen LogP) is 31.5.